The molecule has 0 aliphatic rings. The predicted octanol–water partition coefficient (Wildman–Crippen LogP) is 1.26. The number of carbonyl (C=O) groups is 2. The highest BCUT2D eigenvalue weighted by molar-refractivity contribution is 5.85. The SMILES string of the molecule is COC(=O)c1nc(C)cc(N(CCC(=O)O)C(C)C)n1. The van der Waals surface area contributed by atoms with E-state index in [0.29, 0.717) is 18.1 Å². The number of rotatable bonds is 6. The van der Waals surface area contributed by atoms with Gasteiger partial charge in [-0.05, 0) is 20.8 Å². The van der Waals surface area contributed by atoms with Gasteiger partial charge >= 0.3 is 11.9 Å². The van der Waals surface area contributed by atoms with Crippen molar-refractivity contribution in [1.29, 1.82) is 0 Å². The Labute approximate surface area is 117 Å². The summed E-state index contributed by atoms with van der Waals surface area (Å²) in [6.45, 7) is 5.91. The molecule has 0 atom stereocenters. The topological polar surface area (TPSA) is 92.6 Å². The van der Waals surface area contributed by atoms with Gasteiger partial charge in [-0.15, -0.1) is 0 Å². The van der Waals surface area contributed by atoms with Crippen molar-refractivity contribution in [2.24, 2.45) is 0 Å². The number of ether oxygens (including phenoxy) is 1. The molecule has 0 aromatic carbocycles. The van der Waals surface area contributed by atoms with Crippen molar-refractivity contribution in [3.63, 3.8) is 0 Å². The van der Waals surface area contributed by atoms with E-state index in [9.17, 15) is 9.59 Å². The third-order valence-electron chi connectivity index (χ3n) is 2.69. The molecule has 1 heterocycles. The van der Waals surface area contributed by atoms with Crippen LogP contribution >= 0.6 is 0 Å². The van der Waals surface area contributed by atoms with Gasteiger partial charge in [-0.25, -0.2) is 14.8 Å². The third-order valence-corrected chi connectivity index (χ3v) is 2.69. The molecule has 0 saturated heterocycles. The predicted molar refractivity (Wildman–Crippen MR) is 72.8 cm³/mol. The lowest BCUT2D eigenvalue weighted by Gasteiger charge is -2.27. The van der Waals surface area contributed by atoms with Crippen LogP contribution in [-0.4, -0.2) is 46.7 Å². The number of nitrogens with zero attached hydrogens (tertiary/aromatic N) is 3. The number of aliphatic carboxylic acids is 1. The first-order valence-electron chi connectivity index (χ1n) is 6.27. The smallest absolute Gasteiger partial charge is 0.376 e. The van der Waals surface area contributed by atoms with Crippen LogP contribution < -0.4 is 4.90 Å². The molecular weight excluding hydrogens is 262 g/mol. The standard InChI is InChI=1S/C13H19N3O4/c1-8(2)16(6-5-11(17)18)10-7-9(3)14-12(15-10)13(19)20-4/h7-8H,5-6H2,1-4H3,(H,17,18). The summed E-state index contributed by atoms with van der Waals surface area (Å²) in [6.07, 6.45) is -0.00517. The number of hydrogen-bond donors (Lipinski definition) is 1. The Hall–Kier alpha value is -2.18. The van der Waals surface area contributed by atoms with Gasteiger partial charge in [0.1, 0.15) is 5.82 Å². The van der Waals surface area contributed by atoms with Crippen LogP contribution in [0.1, 0.15) is 36.6 Å². The minimum absolute atomic E-state index is 0.00517. The van der Waals surface area contributed by atoms with E-state index in [1.54, 1.807) is 13.0 Å². The second-order valence-electron chi connectivity index (χ2n) is 4.61. The molecule has 0 aliphatic heterocycles. The van der Waals surface area contributed by atoms with Gasteiger partial charge < -0.3 is 14.7 Å². The molecular formula is C13H19N3O4. The van der Waals surface area contributed by atoms with Crippen LogP contribution in [0.25, 0.3) is 0 Å². The van der Waals surface area contributed by atoms with Crippen LogP contribution in [0.15, 0.2) is 6.07 Å². The molecule has 1 N–H and O–H groups in total. The summed E-state index contributed by atoms with van der Waals surface area (Å²) in [5, 5.41) is 8.79. The summed E-state index contributed by atoms with van der Waals surface area (Å²) in [5.41, 5.74) is 0.622. The Balaban J connectivity index is 3.09. The van der Waals surface area contributed by atoms with Crippen LogP contribution in [0.2, 0.25) is 0 Å². The Morgan fingerprint density at radius 3 is 2.55 bits per heavy atom. The lowest BCUT2D eigenvalue weighted by Crippen LogP contribution is -2.34. The van der Waals surface area contributed by atoms with Gasteiger partial charge in [0.15, 0.2) is 0 Å². The summed E-state index contributed by atoms with van der Waals surface area (Å²) < 4.78 is 4.61. The molecule has 1 aromatic rings. The lowest BCUT2D eigenvalue weighted by molar-refractivity contribution is -0.136. The highest BCUT2D eigenvalue weighted by Crippen LogP contribution is 2.16. The van der Waals surface area contributed by atoms with Gasteiger partial charge in [0.25, 0.3) is 0 Å². The molecule has 0 fully saturated rings. The largest absolute Gasteiger partial charge is 0.481 e. The molecule has 7 heteroatoms. The first-order chi connectivity index (χ1) is 9.35. The minimum atomic E-state index is -0.880. The summed E-state index contributed by atoms with van der Waals surface area (Å²) in [5.74, 6) is -0.996. The van der Waals surface area contributed by atoms with Gasteiger partial charge in [-0.1, -0.05) is 0 Å². The molecule has 0 spiro atoms. The maximum absolute atomic E-state index is 11.5. The zero-order chi connectivity index (χ0) is 15.3. The number of carboxylic acids is 1. The van der Waals surface area contributed by atoms with E-state index >= 15 is 0 Å². The van der Waals surface area contributed by atoms with Crippen molar-refractivity contribution in [2.45, 2.75) is 33.2 Å². The van der Waals surface area contributed by atoms with Crippen LogP contribution in [0, 0.1) is 6.92 Å². The van der Waals surface area contributed by atoms with Crippen molar-refractivity contribution >= 4 is 17.8 Å². The van der Waals surface area contributed by atoms with E-state index in [1.807, 2.05) is 18.7 Å². The first kappa shape index (κ1) is 15.9. The quantitative estimate of drug-likeness (QED) is 0.784. The normalized spacial score (nSPS) is 10.4. The molecule has 7 nitrogen and oxygen atoms in total. The fourth-order valence-electron chi connectivity index (χ4n) is 1.74. The lowest BCUT2D eigenvalue weighted by atomic mass is 10.2. The molecule has 1 aromatic heterocycles. The number of aromatic nitrogens is 2. The molecule has 0 bridgehead atoms. The third kappa shape index (κ3) is 4.18. The average molecular weight is 281 g/mol. The monoisotopic (exact) mass is 281 g/mol. The minimum Gasteiger partial charge on any atom is -0.481 e. The maximum Gasteiger partial charge on any atom is 0.376 e. The number of hydrogen-bond acceptors (Lipinski definition) is 6. The average Bonchev–Trinajstić information content (AvgIpc) is 2.36. The van der Waals surface area contributed by atoms with Gasteiger partial charge in [0, 0.05) is 24.3 Å². The summed E-state index contributed by atoms with van der Waals surface area (Å²) in [6, 6.07) is 1.77. The molecule has 0 unspecified atom stereocenters. The van der Waals surface area contributed by atoms with E-state index in [-0.39, 0.29) is 18.3 Å². The Kier molecular flexibility index (Phi) is 5.42. The zero-order valence-corrected chi connectivity index (χ0v) is 12.1. The summed E-state index contributed by atoms with van der Waals surface area (Å²) in [7, 11) is 1.26. The van der Waals surface area contributed by atoms with Crippen molar-refractivity contribution in [3.8, 4) is 0 Å². The second-order valence-corrected chi connectivity index (χ2v) is 4.61. The number of anilines is 1. The Morgan fingerprint density at radius 2 is 2.05 bits per heavy atom. The van der Waals surface area contributed by atoms with E-state index in [4.69, 9.17) is 5.11 Å². The van der Waals surface area contributed by atoms with Gasteiger partial charge in [-0.3, -0.25) is 4.79 Å². The summed E-state index contributed by atoms with van der Waals surface area (Å²) >= 11 is 0. The maximum atomic E-state index is 11.5. The van der Waals surface area contributed by atoms with Crippen molar-refractivity contribution in [1.82, 2.24) is 9.97 Å². The van der Waals surface area contributed by atoms with E-state index < -0.39 is 11.9 Å². The van der Waals surface area contributed by atoms with Gasteiger partial charge in [0.05, 0.1) is 13.5 Å². The molecule has 0 saturated carbocycles. The van der Waals surface area contributed by atoms with E-state index in [0.717, 1.165) is 0 Å². The van der Waals surface area contributed by atoms with Gasteiger partial charge in [-0.2, -0.15) is 0 Å². The van der Waals surface area contributed by atoms with Crippen LogP contribution in [0.3, 0.4) is 0 Å². The molecule has 0 radical (unpaired) electrons. The highest BCUT2D eigenvalue weighted by atomic mass is 16.5. The number of carboxylic acid groups (broad SMARTS) is 1. The molecule has 0 aliphatic carbocycles. The molecule has 20 heavy (non-hydrogen) atoms. The molecule has 110 valence electrons. The zero-order valence-electron chi connectivity index (χ0n) is 12.1. The second kappa shape index (κ2) is 6.83. The fourth-order valence-corrected chi connectivity index (χ4v) is 1.74. The van der Waals surface area contributed by atoms with E-state index in [1.165, 1.54) is 7.11 Å². The molecule has 0 amide bonds. The number of esters is 1. The van der Waals surface area contributed by atoms with Gasteiger partial charge in [0.2, 0.25) is 5.82 Å². The first-order valence-corrected chi connectivity index (χ1v) is 6.27. The van der Waals surface area contributed by atoms with Crippen molar-refractivity contribution < 1.29 is 19.4 Å². The van der Waals surface area contributed by atoms with E-state index in [2.05, 4.69) is 14.7 Å². The Morgan fingerprint density at radius 1 is 1.40 bits per heavy atom. The molecule has 1 rings (SSSR count). The number of aryl methyl sites for hydroxylation is 1. The van der Waals surface area contributed by atoms with Crippen molar-refractivity contribution in [3.05, 3.63) is 17.6 Å². The Bertz CT molecular complexity index is 502. The highest BCUT2D eigenvalue weighted by Gasteiger charge is 2.18. The summed E-state index contributed by atoms with van der Waals surface area (Å²) in [4.78, 5) is 32.2. The van der Waals surface area contributed by atoms with Crippen LogP contribution in [-0.2, 0) is 9.53 Å². The fraction of sp³-hybridized carbons (Fsp3) is 0.538. The number of carbonyl (C=O) groups excluding carboxylic acids is 1. The van der Waals surface area contributed by atoms with Crippen molar-refractivity contribution in [2.75, 3.05) is 18.6 Å². The number of methoxy groups -OCH3 is 1. The van der Waals surface area contributed by atoms with Crippen LogP contribution in [0.5, 0.6) is 0 Å². The van der Waals surface area contributed by atoms with Crippen LogP contribution in [0.4, 0.5) is 5.82 Å².